The third-order valence-electron chi connectivity index (χ3n) is 7.50. The van der Waals surface area contributed by atoms with Crippen molar-refractivity contribution in [2.75, 3.05) is 51.7 Å². The maximum atomic E-state index is 13.1. The molecular formula is C28H28F6N4O2. The molecule has 214 valence electrons. The first kappa shape index (κ1) is 28.0. The summed E-state index contributed by atoms with van der Waals surface area (Å²) >= 11 is 0. The number of hydrogen-bond donors (Lipinski definition) is 1. The minimum atomic E-state index is -4.98. The molecule has 0 bridgehead atoms. The normalized spacial score (nSPS) is 17.6. The van der Waals surface area contributed by atoms with Gasteiger partial charge < -0.3 is 15.0 Å². The van der Waals surface area contributed by atoms with Gasteiger partial charge in [-0.15, -0.1) is 0 Å². The summed E-state index contributed by atoms with van der Waals surface area (Å²) in [6.45, 7) is 4.71. The van der Waals surface area contributed by atoms with E-state index < -0.39 is 35.2 Å². The number of rotatable bonds is 5. The van der Waals surface area contributed by atoms with Crippen LogP contribution in [0.4, 0.5) is 36.8 Å². The predicted octanol–water partition coefficient (Wildman–Crippen LogP) is 5.92. The van der Waals surface area contributed by atoms with E-state index in [1.807, 2.05) is 24.3 Å². The van der Waals surface area contributed by atoms with Crippen molar-refractivity contribution < 1.29 is 35.9 Å². The van der Waals surface area contributed by atoms with Crippen molar-refractivity contribution in [1.29, 1.82) is 0 Å². The van der Waals surface area contributed by atoms with Gasteiger partial charge in [-0.25, -0.2) is 4.79 Å². The van der Waals surface area contributed by atoms with Crippen LogP contribution >= 0.6 is 0 Å². The van der Waals surface area contributed by atoms with Crippen LogP contribution in [0.25, 0.3) is 10.8 Å². The number of hydrogen-bond acceptors (Lipinski definition) is 4. The van der Waals surface area contributed by atoms with Crippen LogP contribution < -0.4 is 10.1 Å². The largest absolute Gasteiger partial charge is 0.496 e. The molecule has 0 atom stereocenters. The number of carbonyl (C=O) groups is 1. The number of carbonyl (C=O) groups excluding carboxylic acids is 1. The number of benzene rings is 3. The molecule has 0 aliphatic carbocycles. The average molecular weight is 567 g/mol. The van der Waals surface area contributed by atoms with E-state index in [1.165, 1.54) is 10.5 Å². The summed E-state index contributed by atoms with van der Waals surface area (Å²) < 4.78 is 84.2. The number of fused-ring (bicyclic) bond motifs is 1. The van der Waals surface area contributed by atoms with Crippen molar-refractivity contribution in [3.8, 4) is 5.75 Å². The molecule has 2 saturated heterocycles. The summed E-state index contributed by atoms with van der Waals surface area (Å²) in [7, 11) is 1.65. The zero-order valence-corrected chi connectivity index (χ0v) is 21.6. The summed E-state index contributed by atoms with van der Waals surface area (Å²) in [5.74, 6) is 0.830. The molecule has 40 heavy (non-hydrogen) atoms. The van der Waals surface area contributed by atoms with Gasteiger partial charge in [-0.2, -0.15) is 26.3 Å². The molecule has 5 rings (SSSR count). The van der Waals surface area contributed by atoms with E-state index in [0.717, 1.165) is 49.2 Å². The first-order chi connectivity index (χ1) is 18.9. The molecule has 0 aromatic heterocycles. The SMILES string of the molecule is COc1ccc(CN2CCN(C3CN(C(=O)Nc4cc(C(F)(F)F)cc(C(F)(F)F)c4)C3)CC2)c2ccccc12. The van der Waals surface area contributed by atoms with E-state index in [4.69, 9.17) is 4.74 Å². The highest BCUT2D eigenvalue weighted by molar-refractivity contribution is 5.91. The van der Waals surface area contributed by atoms with E-state index in [1.54, 1.807) is 7.11 Å². The van der Waals surface area contributed by atoms with E-state index >= 15 is 0 Å². The lowest BCUT2D eigenvalue weighted by Gasteiger charge is -2.48. The van der Waals surface area contributed by atoms with Crippen LogP contribution in [0.5, 0.6) is 5.75 Å². The number of ether oxygens (including phenoxy) is 1. The Morgan fingerprint density at radius 3 is 2.05 bits per heavy atom. The Morgan fingerprint density at radius 1 is 0.875 bits per heavy atom. The number of alkyl halides is 6. The lowest BCUT2D eigenvalue weighted by molar-refractivity contribution is -0.143. The standard InChI is InChI=1S/C28H28F6N4O2/c1-40-25-7-6-18(23-4-2-3-5-24(23)25)15-36-8-10-37(11-9-36)22-16-38(17-22)26(39)35-21-13-19(27(29,30)31)12-20(14-21)28(32,33)34/h2-7,12-14,22H,8-11,15-17H2,1H3,(H,35,39). The zero-order chi connectivity index (χ0) is 28.7. The summed E-state index contributed by atoms with van der Waals surface area (Å²) in [5, 5.41) is 4.41. The van der Waals surface area contributed by atoms with Crippen LogP contribution in [0.3, 0.4) is 0 Å². The molecular weight excluding hydrogens is 538 g/mol. The highest BCUT2D eigenvalue weighted by Gasteiger charge is 2.39. The monoisotopic (exact) mass is 566 g/mol. The molecule has 0 spiro atoms. The van der Waals surface area contributed by atoms with E-state index in [0.29, 0.717) is 25.2 Å². The number of halogens is 6. The molecule has 12 heteroatoms. The third kappa shape index (κ3) is 5.97. The highest BCUT2D eigenvalue weighted by atomic mass is 19.4. The van der Waals surface area contributed by atoms with Crippen LogP contribution in [0.1, 0.15) is 16.7 Å². The van der Waals surface area contributed by atoms with Gasteiger partial charge in [0.05, 0.1) is 18.2 Å². The summed E-state index contributed by atoms with van der Waals surface area (Å²) in [6, 6.07) is 12.6. The first-order valence-corrected chi connectivity index (χ1v) is 12.8. The summed E-state index contributed by atoms with van der Waals surface area (Å²) in [6.07, 6.45) is -9.96. The lowest BCUT2D eigenvalue weighted by atomic mass is 10.0. The molecule has 2 fully saturated rings. The second-order valence-corrected chi connectivity index (χ2v) is 10.1. The Balaban J connectivity index is 1.14. The predicted molar refractivity (Wildman–Crippen MR) is 138 cm³/mol. The summed E-state index contributed by atoms with van der Waals surface area (Å²) in [5.41, 5.74) is -2.28. The minimum absolute atomic E-state index is 0.0338. The summed E-state index contributed by atoms with van der Waals surface area (Å²) in [4.78, 5) is 18.6. The molecule has 2 aliphatic heterocycles. The Hall–Kier alpha value is -3.51. The van der Waals surface area contributed by atoms with Gasteiger partial charge in [-0.1, -0.05) is 30.3 Å². The van der Waals surface area contributed by atoms with Crippen LogP contribution in [0, 0.1) is 0 Å². The minimum Gasteiger partial charge on any atom is -0.496 e. The fourth-order valence-corrected chi connectivity index (χ4v) is 5.26. The number of amides is 2. The Labute approximate surface area is 227 Å². The fourth-order valence-electron chi connectivity index (χ4n) is 5.26. The van der Waals surface area contributed by atoms with Crippen LogP contribution in [0.15, 0.2) is 54.6 Å². The molecule has 2 aliphatic rings. The van der Waals surface area contributed by atoms with Crippen molar-refractivity contribution in [2.45, 2.75) is 24.9 Å². The van der Waals surface area contributed by atoms with E-state index in [-0.39, 0.29) is 12.1 Å². The molecule has 3 aromatic carbocycles. The maximum Gasteiger partial charge on any atom is 0.416 e. The number of nitrogens with one attached hydrogen (secondary N) is 1. The number of urea groups is 1. The van der Waals surface area contributed by atoms with Crippen molar-refractivity contribution in [1.82, 2.24) is 14.7 Å². The number of piperazine rings is 1. The molecule has 0 unspecified atom stereocenters. The molecule has 2 heterocycles. The van der Waals surface area contributed by atoms with Crippen molar-refractivity contribution >= 4 is 22.5 Å². The molecule has 2 amide bonds. The van der Waals surface area contributed by atoms with Crippen molar-refractivity contribution in [3.05, 3.63) is 71.3 Å². The van der Waals surface area contributed by atoms with Gasteiger partial charge in [-0.3, -0.25) is 9.80 Å². The molecule has 3 aromatic rings. The van der Waals surface area contributed by atoms with Gasteiger partial charge in [-0.05, 0) is 35.2 Å². The first-order valence-electron chi connectivity index (χ1n) is 12.8. The Morgan fingerprint density at radius 2 is 1.48 bits per heavy atom. The van der Waals surface area contributed by atoms with Crippen LogP contribution in [0.2, 0.25) is 0 Å². The fraction of sp³-hybridized carbons (Fsp3) is 0.393. The van der Waals surface area contributed by atoms with Gasteiger partial charge in [0.2, 0.25) is 0 Å². The number of nitrogens with zero attached hydrogens (tertiary/aromatic N) is 3. The second-order valence-electron chi connectivity index (χ2n) is 10.1. The van der Waals surface area contributed by atoms with Gasteiger partial charge >= 0.3 is 18.4 Å². The number of anilines is 1. The molecule has 1 N–H and O–H groups in total. The molecule has 0 radical (unpaired) electrons. The van der Waals surface area contributed by atoms with Crippen LogP contribution in [-0.4, -0.2) is 73.2 Å². The van der Waals surface area contributed by atoms with Gasteiger partial charge in [0.25, 0.3) is 0 Å². The smallest absolute Gasteiger partial charge is 0.416 e. The van der Waals surface area contributed by atoms with Crippen molar-refractivity contribution in [2.24, 2.45) is 0 Å². The van der Waals surface area contributed by atoms with Gasteiger partial charge in [0.1, 0.15) is 5.75 Å². The Bertz CT molecular complexity index is 1350. The maximum absolute atomic E-state index is 13.1. The Kier molecular flexibility index (Phi) is 7.58. The van der Waals surface area contributed by atoms with E-state index in [9.17, 15) is 31.1 Å². The lowest BCUT2D eigenvalue weighted by Crippen LogP contribution is -2.64. The topological polar surface area (TPSA) is 48.1 Å². The van der Waals surface area contributed by atoms with E-state index in [2.05, 4.69) is 27.2 Å². The second kappa shape index (κ2) is 10.8. The van der Waals surface area contributed by atoms with Gasteiger partial charge in [0, 0.05) is 62.9 Å². The van der Waals surface area contributed by atoms with Gasteiger partial charge in [0.15, 0.2) is 0 Å². The quantitative estimate of drug-likeness (QED) is 0.390. The average Bonchev–Trinajstić information content (AvgIpc) is 2.88. The molecule has 0 saturated carbocycles. The third-order valence-corrected chi connectivity index (χ3v) is 7.50. The number of methoxy groups -OCH3 is 1. The molecule has 6 nitrogen and oxygen atoms in total. The highest BCUT2D eigenvalue weighted by Crippen LogP contribution is 2.38. The van der Waals surface area contributed by atoms with Crippen LogP contribution in [-0.2, 0) is 18.9 Å². The number of likely N-dealkylation sites (tertiary alicyclic amines) is 1. The zero-order valence-electron chi connectivity index (χ0n) is 21.6. The van der Waals surface area contributed by atoms with Crippen molar-refractivity contribution in [3.63, 3.8) is 0 Å².